The average molecular weight is 317 g/mol. The Morgan fingerprint density at radius 1 is 1.23 bits per heavy atom. The van der Waals surface area contributed by atoms with Crippen molar-refractivity contribution in [3.8, 4) is 5.75 Å². The monoisotopic (exact) mass is 316 g/mol. The third-order valence-electron chi connectivity index (χ3n) is 3.16. The number of nitrogens with one attached hydrogen (secondary N) is 1. The third kappa shape index (κ3) is 3.86. The second kappa shape index (κ2) is 7.09. The second-order valence-electron chi connectivity index (χ2n) is 4.85. The lowest BCUT2D eigenvalue weighted by molar-refractivity contribution is 0.0955. The molecule has 0 saturated heterocycles. The minimum absolute atomic E-state index is 0.312. The highest BCUT2D eigenvalue weighted by atomic mass is 35.5. The van der Waals surface area contributed by atoms with Crippen LogP contribution in [0.3, 0.4) is 0 Å². The van der Waals surface area contributed by atoms with E-state index < -0.39 is 0 Å². The van der Waals surface area contributed by atoms with E-state index in [1.165, 1.54) is 0 Å². The van der Waals surface area contributed by atoms with E-state index >= 15 is 0 Å². The molecular weight excluding hydrogens is 300 g/mol. The molecule has 0 aliphatic rings. The van der Waals surface area contributed by atoms with Crippen molar-refractivity contribution in [2.75, 3.05) is 7.11 Å². The minimum atomic E-state index is -0.312. The normalized spacial score (nSPS) is 11.2. The molecule has 22 heavy (non-hydrogen) atoms. The number of nitrogens with zero attached hydrogens (tertiary/aromatic N) is 1. The number of rotatable bonds is 4. The van der Waals surface area contributed by atoms with Crippen molar-refractivity contribution in [2.45, 2.75) is 13.8 Å². The fraction of sp³-hybridized carbons (Fsp3) is 0.176. The van der Waals surface area contributed by atoms with Gasteiger partial charge in [0.25, 0.3) is 5.91 Å². The fourth-order valence-corrected chi connectivity index (χ4v) is 2.18. The van der Waals surface area contributed by atoms with E-state index in [-0.39, 0.29) is 5.91 Å². The number of benzene rings is 2. The molecule has 1 amide bonds. The molecule has 0 bridgehead atoms. The maximum Gasteiger partial charge on any atom is 0.271 e. The van der Waals surface area contributed by atoms with Crippen LogP contribution in [0.1, 0.15) is 28.4 Å². The van der Waals surface area contributed by atoms with Gasteiger partial charge in [-0.2, -0.15) is 5.10 Å². The fourth-order valence-electron chi connectivity index (χ4n) is 1.99. The van der Waals surface area contributed by atoms with Crippen LogP contribution in [-0.2, 0) is 0 Å². The molecule has 0 unspecified atom stereocenters. The molecule has 5 heteroatoms. The highest BCUT2D eigenvalue weighted by molar-refractivity contribution is 6.30. The molecule has 2 rings (SSSR count). The highest BCUT2D eigenvalue weighted by Crippen LogP contribution is 2.20. The molecule has 0 aliphatic heterocycles. The molecule has 2 aromatic rings. The summed E-state index contributed by atoms with van der Waals surface area (Å²) in [5, 5.41) is 4.65. The SMILES string of the molecule is COc1ccc(C)cc1/C(C)=N\NC(=O)c1cccc(Cl)c1. The molecule has 0 spiro atoms. The van der Waals surface area contributed by atoms with Gasteiger partial charge in [0.15, 0.2) is 0 Å². The van der Waals surface area contributed by atoms with Gasteiger partial charge < -0.3 is 4.74 Å². The lowest BCUT2D eigenvalue weighted by atomic mass is 10.1. The number of methoxy groups -OCH3 is 1. The summed E-state index contributed by atoms with van der Waals surface area (Å²) < 4.78 is 5.32. The number of hydrogen-bond donors (Lipinski definition) is 1. The number of halogens is 1. The predicted molar refractivity (Wildman–Crippen MR) is 88.9 cm³/mol. The number of carbonyl (C=O) groups is 1. The van der Waals surface area contributed by atoms with E-state index in [4.69, 9.17) is 16.3 Å². The summed E-state index contributed by atoms with van der Waals surface area (Å²) in [5.41, 5.74) is 5.58. The molecular formula is C17H17ClN2O2. The Morgan fingerprint density at radius 2 is 2.00 bits per heavy atom. The van der Waals surface area contributed by atoms with Crippen molar-refractivity contribution in [3.63, 3.8) is 0 Å². The third-order valence-corrected chi connectivity index (χ3v) is 3.39. The molecule has 114 valence electrons. The number of hydrogen-bond acceptors (Lipinski definition) is 3. The van der Waals surface area contributed by atoms with Crippen molar-refractivity contribution in [3.05, 3.63) is 64.2 Å². The van der Waals surface area contributed by atoms with Gasteiger partial charge in [-0.05, 0) is 44.2 Å². The quantitative estimate of drug-likeness (QED) is 0.689. The Labute approximate surface area is 134 Å². The largest absolute Gasteiger partial charge is 0.496 e. The number of ether oxygens (including phenoxy) is 1. The van der Waals surface area contributed by atoms with Crippen molar-refractivity contribution in [2.24, 2.45) is 5.10 Å². The summed E-state index contributed by atoms with van der Waals surface area (Å²) >= 11 is 5.87. The van der Waals surface area contributed by atoms with Crippen molar-refractivity contribution >= 4 is 23.2 Å². The van der Waals surface area contributed by atoms with E-state index in [9.17, 15) is 4.79 Å². The van der Waals surface area contributed by atoms with Crippen LogP contribution in [0.15, 0.2) is 47.6 Å². The topological polar surface area (TPSA) is 50.7 Å². The van der Waals surface area contributed by atoms with Crippen molar-refractivity contribution in [1.82, 2.24) is 5.43 Å². The standard InChI is InChI=1S/C17H17ClN2O2/c1-11-7-8-16(22-3)15(9-11)12(2)19-20-17(21)13-5-4-6-14(18)10-13/h4-10H,1-3H3,(H,20,21)/b19-12-. The van der Waals surface area contributed by atoms with Crippen LogP contribution in [0.2, 0.25) is 5.02 Å². The first kappa shape index (κ1) is 16.0. The highest BCUT2D eigenvalue weighted by Gasteiger charge is 2.08. The summed E-state index contributed by atoms with van der Waals surface area (Å²) in [6.07, 6.45) is 0. The molecule has 0 radical (unpaired) electrons. The van der Waals surface area contributed by atoms with Crippen LogP contribution in [0, 0.1) is 6.92 Å². The lowest BCUT2D eigenvalue weighted by Gasteiger charge is -2.09. The Morgan fingerprint density at radius 3 is 2.68 bits per heavy atom. The van der Waals surface area contributed by atoms with Gasteiger partial charge in [0.2, 0.25) is 0 Å². The van der Waals surface area contributed by atoms with Gasteiger partial charge in [0.1, 0.15) is 5.75 Å². The molecule has 2 aromatic carbocycles. The molecule has 0 heterocycles. The first-order valence-electron chi connectivity index (χ1n) is 6.76. The van der Waals surface area contributed by atoms with Gasteiger partial charge in [-0.1, -0.05) is 29.3 Å². The predicted octanol–water partition coefficient (Wildman–Crippen LogP) is 3.81. The lowest BCUT2D eigenvalue weighted by Crippen LogP contribution is -2.19. The van der Waals surface area contributed by atoms with E-state index in [1.54, 1.807) is 31.4 Å². The summed E-state index contributed by atoms with van der Waals surface area (Å²) in [4.78, 5) is 12.0. The Kier molecular flexibility index (Phi) is 5.17. The van der Waals surface area contributed by atoms with Gasteiger partial charge in [0.05, 0.1) is 12.8 Å². The number of carbonyl (C=O) groups excluding carboxylic acids is 1. The van der Waals surface area contributed by atoms with Crippen molar-refractivity contribution < 1.29 is 9.53 Å². The molecule has 0 aromatic heterocycles. The Hall–Kier alpha value is -2.33. The van der Waals surface area contributed by atoms with E-state index in [1.807, 2.05) is 32.0 Å². The summed E-state index contributed by atoms with van der Waals surface area (Å²) in [5.74, 6) is 0.400. The maximum absolute atomic E-state index is 12.0. The number of hydrazone groups is 1. The van der Waals surface area contributed by atoms with E-state index in [0.717, 1.165) is 11.1 Å². The molecule has 4 nitrogen and oxygen atoms in total. The average Bonchev–Trinajstić information content (AvgIpc) is 2.52. The first-order chi connectivity index (χ1) is 10.5. The molecule has 0 aliphatic carbocycles. The van der Waals surface area contributed by atoms with Crippen LogP contribution >= 0.6 is 11.6 Å². The second-order valence-corrected chi connectivity index (χ2v) is 5.29. The van der Waals surface area contributed by atoms with Gasteiger partial charge in [-0.3, -0.25) is 4.79 Å². The van der Waals surface area contributed by atoms with E-state index in [2.05, 4.69) is 10.5 Å². The Balaban J connectivity index is 2.19. The van der Waals surface area contributed by atoms with Gasteiger partial charge >= 0.3 is 0 Å². The molecule has 0 atom stereocenters. The smallest absolute Gasteiger partial charge is 0.271 e. The number of amides is 1. The van der Waals surface area contributed by atoms with E-state index in [0.29, 0.717) is 22.0 Å². The Bertz CT molecular complexity index is 726. The van der Waals surface area contributed by atoms with Crippen LogP contribution < -0.4 is 10.2 Å². The zero-order valence-electron chi connectivity index (χ0n) is 12.7. The molecule has 1 N–H and O–H groups in total. The van der Waals surface area contributed by atoms with Crippen LogP contribution in [0.5, 0.6) is 5.75 Å². The van der Waals surface area contributed by atoms with Gasteiger partial charge in [-0.15, -0.1) is 0 Å². The maximum atomic E-state index is 12.0. The zero-order valence-corrected chi connectivity index (χ0v) is 13.4. The summed E-state index contributed by atoms with van der Waals surface area (Å²) in [7, 11) is 1.60. The van der Waals surface area contributed by atoms with Gasteiger partial charge in [0, 0.05) is 16.1 Å². The van der Waals surface area contributed by atoms with Crippen LogP contribution in [0.25, 0.3) is 0 Å². The number of aryl methyl sites for hydroxylation is 1. The molecule has 0 saturated carbocycles. The van der Waals surface area contributed by atoms with Crippen LogP contribution in [-0.4, -0.2) is 18.7 Å². The molecule has 0 fully saturated rings. The zero-order chi connectivity index (χ0) is 16.1. The first-order valence-corrected chi connectivity index (χ1v) is 7.14. The van der Waals surface area contributed by atoms with Crippen LogP contribution in [0.4, 0.5) is 0 Å². The summed E-state index contributed by atoms with van der Waals surface area (Å²) in [6.45, 7) is 3.80. The van der Waals surface area contributed by atoms with Gasteiger partial charge in [-0.25, -0.2) is 5.43 Å². The van der Waals surface area contributed by atoms with Crippen molar-refractivity contribution in [1.29, 1.82) is 0 Å². The minimum Gasteiger partial charge on any atom is -0.496 e. The summed E-state index contributed by atoms with van der Waals surface area (Å²) in [6, 6.07) is 12.5.